The molecule has 1 heterocycles. The maximum atomic E-state index is 14.0. The highest BCUT2D eigenvalue weighted by molar-refractivity contribution is 7.90. The number of sulfone groups is 1. The first-order valence-electron chi connectivity index (χ1n) is 10.0. The van der Waals surface area contributed by atoms with Gasteiger partial charge in [-0.05, 0) is 43.4 Å². The largest absolute Gasteiger partial charge is 0.449 e. The van der Waals surface area contributed by atoms with Crippen LogP contribution in [0.2, 0.25) is 0 Å². The van der Waals surface area contributed by atoms with Crippen LogP contribution >= 0.6 is 0 Å². The van der Waals surface area contributed by atoms with Gasteiger partial charge >= 0.3 is 24.5 Å². The highest BCUT2D eigenvalue weighted by atomic mass is 32.2. The fraction of sp³-hybridized carbons (Fsp3) is 0.579. The molecule has 198 valence electrons. The van der Waals surface area contributed by atoms with Gasteiger partial charge < -0.3 is 14.4 Å². The number of likely N-dealkylation sites (tertiary alicyclic amines) is 1. The van der Waals surface area contributed by atoms with E-state index in [2.05, 4.69) is 10.1 Å². The molecular formula is C19H21F7N2O6S. The van der Waals surface area contributed by atoms with Crippen molar-refractivity contribution >= 4 is 27.7 Å². The Labute approximate surface area is 195 Å². The number of piperidine rings is 1. The van der Waals surface area contributed by atoms with Crippen molar-refractivity contribution in [3.05, 3.63) is 24.0 Å². The van der Waals surface area contributed by atoms with E-state index in [1.807, 2.05) is 0 Å². The van der Waals surface area contributed by atoms with E-state index < -0.39 is 46.3 Å². The van der Waals surface area contributed by atoms with Crippen LogP contribution in [-0.4, -0.2) is 69.9 Å². The Morgan fingerprint density at radius 3 is 2.17 bits per heavy atom. The number of nitrogens with one attached hydrogen (secondary N) is 1. The summed E-state index contributed by atoms with van der Waals surface area (Å²) in [6.07, 6.45) is -17.0. The molecule has 0 aliphatic carbocycles. The third-order valence-electron chi connectivity index (χ3n) is 5.05. The molecule has 1 aromatic rings. The number of hydrogen-bond donors (Lipinski definition) is 1. The molecule has 0 bridgehead atoms. The van der Waals surface area contributed by atoms with Gasteiger partial charge in [0.15, 0.2) is 9.84 Å². The smallest absolute Gasteiger partial charge is 0.434 e. The van der Waals surface area contributed by atoms with Gasteiger partial charge in [0.2, 0.25) is 0 Å². The quantitative estimate of drug-likeness (QED) is 0.535. The fourth-order valence-corrected chi connectivity index (χ4v) is 3.82. The summed E-state index contributed by atoms with van der Waals surface area (Å²) in [4.78, 5) is 24.0. The molecule has 0 unspecified atom stereocenters. The molecule has 0 atom stereocenters. The minimum atomic E-state index is -5.80. The first-order chi connectivity index (χ1) is 16.0. The Balaban J connectivity index is 1.77. The number of alkyl halides is 6. The van der Waals surface area contributed by atoms with Crippen molar-refractivity contribution in [2.75, 3.05) is 31.3 Å². The van der Waals surface area contributed by atoms with Gasteiger partial charge in [-0.1, -0.05) is 0 Å². The van der Waals surface area contributed by atoms with Crippen LogP contribution in [-0.2, 0) is 19.3 Å². The van der Waals surface area contributed by atoms with Gasteiger partial charge in [0.1, 0.15) is 5.82 Å². The van der Waals surface area contributed by atoms with Gasteiger partial charge in [-0.3, -0.25) is 5.32 Å². The van der Waals surface area contributed by atoms with Crippen molar-refractivity contribution in [3.63, 3.8) is 0 Å². The summed E-state index contributed by atoms with van der Waals surface area (Å²) >= 11 is 0. The van der Waals surface area contributed by atoms with Crippen molar-refractivity contribution in [3.8, 4) is 0 Å². The van der Waals surface area contributed by atoms with Crippen molar-refractivity contribution in [1.82, 2.24) is 4.90 Å². The van der Waals surface area contributed by atoms with Crippen LogP contribution in [0.5, 0.6) is 0 Å². The zero-order valence-electron chi connectivity index (χ0n) is 18.1. The number of anilines is 1. The lowest BCUT2D eigenvalue weighted by molar-refractivity contribution is -0.308. The van der Waals surface area contributed by atoms with Gasteiger partial charge in [0.05, 0.1) is 17.2 Å². The highest BCUT2D eigenvalue weighted by Crippen LogP contribution is 2.36. The molecule has 1 saturated heterocycles. The number of nitrogens with zero attached hydrogens (tertiary/aromatic N) is 1. The number of halogens is 7. The molecule has 1 fully saturated rings. The van der Waals surface area contributed by atoms with Gasteiger partial charge in [0.25, 0.3) is 6.10 Å². The molecule has 0 spiro atoms. The summed E-state index contributed by atoms with van der Waals surface area (Å²) in [6, 6.07) is 2.87. The van der Waals surface area contributed by atoms with E-state index >= 15 is 0 Å². The van der Waals surface area contributed by atoms with Crippen molar-refractivity contribution in [2.45, 2.75) is 42.6 Å². The maximum absolute atomic E-state index is 14.0. The summed E-state index contributed by atoms with van der Waals surface area (Å²) in [5.41, 5.74) is -0.315. The number of hydrogen-bond acceptors (Lipinski definition) is 6. The maximum Gasteiger partial charge on any atom is 0.434 e. The van der Waals surface area contributed by atoms with Crippen LogP contribution in [0.15, 0.2) is 23.1 Å². The van der Waals surface area contributed by atoms with E-state index in [9.17, 15) is 48.7 Å². The number of amides is 2. The fourth-order valence-electron chi connectivity index (χ4n) is 3.19. The van der Waals surface area contributed by atoms with E-state index in [0.29, 0.717) is 0 Å². The number of ether oxygens (including phenoxy) is 2. The predicted molar refractivity (Wildman–Crippen MR) is 106 cm³/mol. The Kier molecular flexibility index (Phi) is 8.84. The van der Waals surface area contributed by atoms with Gasteiger partial charge in [0, 0.05) is 19.3 Å². The molecule has 0 saturated carbocycles. The Morgan fingerprint density at radius 2 is 1.69 bits per heavy atom. The zero-order valence-corrected chi connectivity index (χ0v) is 18.9. The number of carbonyl (C=O) groups excluding carboxylic acids is 2. The van der Waals surface area contributed by atoms with Crippen LogP contribution in [0, 0.1) is 11.7 Å². The number of rotatable bonds is 6. The topological polar surface area (TPSA) is 102 Å². The first kappa shape index (κ1) is 28.5. The molecule has 1 aromatic carbocycles. The van der Waals surface area contributed by atoms with Crippen LogP contribution in [0.1, 0.15) is 19.3 Å². The Morgan fingerprint density at radius 1 is 1.11 bits per heavy atom. The molecule has 1 N–H and O–H groups in total. The third-order valence-corrected chi connectivity index (χ3v) is 6.16. The first-order valence-corrected chi connectivity index (χ1v) is 11.9. The molecule has 0 radical (unpaired) electrons. The molecule has 8 nitrogen and oxygen atoms in total. The molecule has 0 aromatic heterocycles. The van der Waals surface area contributed by atoms with E-state index in [4.69, 9.17) is 4.74 Å². The summed E-state index contributed by atoms with van der Waals surface area (Å²) in [5, 5.41) is 2.11. The SMILES string of the molecule is CS(=O)(=O)c1ccc(NC(=O)OCCC2CCN(C(=O)OC(C(F)(F)F)C(F)(F)F)CC2)c(F)c1. The van der Waals surface area contributed by atoms with E-state index in [1.54, 1.807) is 0 Å². The second-order valence-corrected chi connectivity index (χ2v) is 9.76. The zero-order chi connectivity index (χ0) is 26.6. The van der Waals surface area contributed by atoms with Crippen LogP contribution in [0.25, 0.3) is 0 Å². The normalized spacial score (nSPS) is 15.7. The molecule has 16 heteroatoms. The molecular weight excluding hydrogens is 517 g/mol. The van der Waals surface area contributed by atoms with Crippen LogP contribution in [0.4, 0.5) is 46.0 Å². The lowest BCUT2D eigenvalue weighted by Crippen LogP contribution is -2.49. The predicted octanol–water partition coefficient (Wildman–Crippen LogP) is 4.51. The van der Waals surface area contributed by atoms with E-state index in [1.165, 1.54) is 0 Å². The number of benzene rings is 1. The van der Waals surface area contributed by atoms with E-state index in [-0.39, 0.29) is 55.5 Å². The van der Waals surface area contributed by atoms with Gasteiger partial charge in [-0.15, -0.1) is 0 Å². The number of carbonyl (C=O) groups is 2. The van der Waals surface area contributed by atoms with Crippen LogP contribution < -0.4 is 5.32 Å². The summed E-state index contributed by atoms with van der Waals surface area (Å²) in [5.74, 6) is -1.15. The lowest BCUT2D eigenvalue weighted by Gasteiger charge is -2.33. The minimum absolute atomic E-state index is 0.145. The second-order valence-electron chi connectivity index (χ2n) is 7.74. The Hall–Kier alpha value is -2.78. The highest BCUT2D eigenvalue weighted by Gasteiger charge is 2.60. The molecule has 35 heavy (non-hydrogen) atoms. The van der Waals surface area contributed by atoms with Crippen molar-refractivity contribution in [2.24, 2.45) is 5.92 Å². The monoisotopic (exact) mass is 538 g/mol. The minimum Gasteiger partial charge on any atom is -0.449 e. The molecule has 2 rings (SSSR count). The van der Waals surface area contributed by atoms with Crippen molar-refractivity contribution < 1.29 is 58.2 Å². The average Bonchev–Trinajstić information content (AvgIpc) is 2.71. The Bertz CT molecular complexity index is 1010. The average molecular weight is 538 g/mol. The summed E-state index contributed by atoms with van der Waals surface area (Å²) < 4.78 is 120. The van der Waals surface area contributed by atoms with E-state index in [0.717, 1.165) is 29.4 Å². The van der Waals surface area contributed by atoms with Crippen LogP contribution in [0.3, 0.4) is 0 Å². The van der Waals surface area contributed by atoms with Crippen molar-refractivity contribution in [1.29, 1.82) is 0 Å². The lowest BCUT2D eigenvalue weighted by atomic mass is 9.94. The standard InChI is InChI=1S/C19H21F7N2O6S/c1-35(31,32)12-2-3-14(13(20)10-12)27-16(29)33-9-6-11-4-7-28(8-5-11)17(30)34-15(18(21,22)23)19(24,25)26/h2-3,10-11,15H,4-9H2,1H3,(H,27,29). The third kappa shape index (κ3) is 8.43. The summed E-state index contributed by atoms with van der Waals surface area (Å²) in [7, 11) is -3.64. The molecule has 1 aliphatic rings. The van der Waals surface area contributed by atoms with Gasteiger partial charge in [-0.25, -0.2) is 22.4 Å². The van der Waals surface area contributed by atoms with Gasteiger partial charge in [-0.2, -0.15) is 26.3 Å². The summed E-state index contributed by atoms with van der Waals surface area (Å²) in [6.45, 7) is -0.458. The molecule has 2 amide bonds. The molecule has 1 aliphatic heterocycles. The second kappa shape index (κ2) is 10.9.